The summed E-state index contributed by atoms with van der Waals surface area (Å²) in [6, 6.07) is 8.21. The average molecular weight is 296 g/mol. The maximum atomic E-state index is 10.3. The van der Waals surface area contributed by atoms with E-state index < -0.39 is 6.10 Å². The molecule has 1 aliphatic carbocycles. The lowest BCUT2D eigenvalue weighted by molar-refractivity contribution is 0.103. The second kappa shape index (κ2) is 7.44. The number of hydrogen-bond acceptors (Lipinski definition) is 2. The van der Waals surface area contributed by atoms with Gasteiger partial charge >= 0.3 is 0 Å². The molecule has 3 heteroatoms. The molecule has 1 saturated carbocycles. The van der Waals surface area contributed by atoms with E-state index in [2.05, 4.69) is 18.9 Å². The van der Waals surface area contributed by atoms with Crippen molar-refractivity contribution in [1.29, 1.82) is 0 Å². The second-order valence-electron chi connectivity index (χ2n) is 6.17. The zero-order valence-electron chi connectivity index (χ0n) is 12.6. The molecule has 0 spiro atoms. The molecule has 0 heterocycles. The van der Waals surface area contributed by atoms with Gasteiger partial charge in [-0.1, -0.05) is 43.5 Å². The van der Waals surface area contributed by atoms with E-state index in [0.717, 1.165) is 24.4 Å². The van der Waals surface area contributed by atoms with Crippen molar-refractivity contribution >= 4 is 11.6 Å². The van der Waals surface area contributed by atoms with E-state index in [1.54, 1.807) is 0 Å². The molecule has 1 aromatic rings. The van der Waals surface area contributed by atoms with Crippen molar-refractivity contribution in [3.05, 3.63) is 34.9 Å². The Morgan fingerprint density at radius 1 is 1.35 bits per heavy atom. The van der Waals surface area contributed by atoms with Crippen LogP contribution in [0.3, 0.4) is 0 Å². The van der Waals surface area contributed by atoms with Gasteiger partial charge in [-0.05, 0) is 49.9 Å². The van der Waals surface area contributed by atoms with Gasteiger partial charge in [0.05, 0.1) is 6.10 Å². The third-order valence-corrected chi connectivity index (χ3v) is 4.86. The molecule has 0 aliphatic heterocycles. The minimum atomic E-state index is -0.421. The molecule has 20 heavy (non-hydrogen) atoms. The lowest BCUT2D eigenvalue weighted by atomic mass is 9.85. The second-order valence-corrected chi connectivity index (χ2v) is 6.61. The van der Waals surface area contributed by atoms with Gasteiger partial charge in [-0.25, -0.2) is 0 Å². The molecule has 0 amide bonds. The lowest BCUT2D eigenvalue weighted by Crippen LogP contribution is -2.39. The third-order valence-electron chi connectivity index (χ3n) is 4.62. The Kier molecular flexibility index (Phi) is 5.88. The van der Waals surface area contributed by atoms with E-state index in [-0.39, 0.29) is 0 Å². The number of nitrogens with zero attached hydrogens (tertiary/aromatic N) is 1. The summed E-state index contributed by atoms with van der Waals surface area (Å²) < 4.78 is 0. The predicted molar refractivity (Wildman–Crippen MR) is 85.1 cm³/mol. The molecule has 0 saturated heterocycles. The Balaban J connectivity index is 1.84. The van der Waals surface area contributed by atoms with E-state index in [1.165, 1.54) is 25.7 Å². The standard InChI is InChI=1S/C17H26ClNO/c1-13-6-3-4-9-16(13)19(2)11-10-17(20)14-7-5-8-15(18)12-14/h5,7-8,12-13,16-17,20H,3-4,6,9-11H2,1-2H3. The number of aliphatic hydroxyl groups is 1. The van der Waals surface area contributed by atoms with Crippen LogP contribution >= 0.6 is 11.6 Å². The summed E-state index contributed by atoms with van der Waals surface area (Å²) in [5, 5.41) is 11.0. The van der Waals surface area contributed by atoms with Gasteiger partial charge in [0.1, 0.15) is 0 Å². The maximum absolute atomic E-state index is 10.3. The van der Waals surface area contributed by atoms with Crippen LogP contribution in [0.25, 0.3) is 0 Å². The van der Waals surface area contributed by atoms with Gasteiger partial charge in [0.25, 0.3) is 0 Å². The lowest BCUT2D eigenvalue weighted by Gasteiger charge is -2.36. The zero-order chi connectivity index (χ0) is 14.5. The normalized spacial score (nSPS) is 24.9. The third kappa shape index (κ3) is 4.21. The molecule has 112 valence electrons. The first kappa shape index (κ1) is 15.8. The molecule has 1 fully saturated rings. The number of aliphatic hydroxyl groups excluding tert-OH is 1. The molecular formula is C17H26ClNO. The molecule has 1 aliphatic rings. The fraction of sp³-hybridized carbons (Fsp3) is 0.647. The van der Waals surface area contributed by atoms with Crippen LogP contribution in [0.5, 0.6) is 0 Å². The SMILES string of the molecule is CC1CCCCC1N(C)CCC(O)c1cccc(Cl)c1. The van der Waals surface area contributed by atoms with Crippen molar-refractivity contribution < 1.29 is 5.11 Å². The van der Waals surface area contributed by atoms with E-state index in [0.29, 0.717) is 11.1 Å². The molecule has 1 aromatic carbocycles. The van der Waals surface area contributed by atoms with Crippen LogP contribution in [0.2, 0.25) is 5.02 Å². The monoisotopic (exact) mass is 295 g/mol. The highest BCUT2D eigenvalue weighted by atomic mass is 35.5. The molecule has 3 unspecified atom stereocenters. The Morgan fingerprint density at radius 3 is 2.80 bits per heavy atom. The summed E-state index contributed by atoms with van der Waals surface area (Å²) >= 11 is 5.97. The van der Waals surface area contributed by atoms with Crippen LogP contribution in [0.4, 0.5) is 0 Å². The van der Waals surface area contributed by atoms with Crippen molar-refractivity contribution in [3.8, 4) is 0 Å². The first-order valence-corrected chi connectivity index (χ1v) is 8.09. The minimum absolute atomic E-state index is 0.421. The van der Waals surface area contributed by atoms with Crippen LogP contribution in [-0.4, -0.2) is 29.6 Å². The molecule has 1 N–H and O–H groups in total. The summed E-state index contributed by atoms with van der Waals surface area (Å²) in [4.78, 5) is 2.43. The topological polar surface area (TPSA) is 23.5 Å². The highest BCUT2D eigenvalue weighted by molar-refractivity contribution is 6.30. The summed E-state index contributed by atoms with van der Waals surface area (Å²) in [5.74, 6) is 0.775. The molecule has 0 radical (unpaired) electrons. The largest absolute Gasteiger partial charge is 0.388 e. The van der Waals surface area contributed by atoms with E-state index in [4.69, 9.17) is 11.6 Å². The number of benzene rings is 1. The number of halogens is 1. The predicted octanol–water partition coefficient (Wildman–Crippen LogP) is 4.27. The fourth-order valence-electron chi connectivity index (χ4n) is 3.32. The molecule has 2 rings (SSSR count). The van der Waals surface area contributed by atoms with Crippen LogP contribution in [0.1, 0.15) is 50.7 Å². The molecule has 3 atom stereocenters. The van der Waals surface area contributed by atoms with Crippen LogP contribution < -0.4 is 0 Å². The molecule has 0 aromatic heterocycles. The first-order valence-electron chi connectivity index (χ1n) is 7.71. The maximum Gasteiger partial charge on any atom is 0.0802 e. The van der Waals surface area contributed by atoms with Crippen LogP contribution in [-0.2, 0) is 0 Å². The summed E-state index contributed by atoms with van der Waals surface area (Å²) in [7, 11) is 2.19. The average Bonchev–Trinajstić information content (AvgIpc) is 2.45. The Morgan fingerprint density at radius 2 is 2.10 bits per heavy atom. The highest BCUT2D eigenvalue weighted by Crippen LogP contribution is 2.28. The van der Waals surface area contributed by atoms with Crippen molar-refractivity contribution in [2.24, 2.45) is 5.92 Å². The van der Waals surface area contributed by atoms with Gasteiger partial charge in [-0.2, -0.15) is 0 Å². The van der Waals surface area contributed by atoms with Crippen molar-refractivity contribution in [2.75, 3.05) is 13.6 Å². The van der Waals surface area contributed by atoms with Crippen molar-refractivity contribution in [1.82, 2.24) is 4.90 Å². The van der Waals surface area contributed by atoms with Crippen molar-refractivity contribution in [2.45, 2.75) is 51.2 Å². The summed E-state index contributed by atoms with van der Waals surface area (Å²) in [6.45, 7) is 3.29. The Hall–Kier alpha value is -0.570. The van der Waals surface area contributed by atoms with Gasteiger partial charge in [0.2, 0.25) is 0 Å². The van der Waals surface area contributed by atoms with Gasteiger partial charge < -0.3 is 10.0 Å². The number of hydrogen-bond donors (Lipinski definition) is 1. The van der Waals surface area contributed by atoms with Gasteiger partial charge in [0, 0.05) is 17.6 Å². The fourth-order valence-corrected chi connectivity index (χ4v) is 3.52. The van der Waals surface area contributed by atoms with Crippen molar-refractivity contribution in [3.63, 3.8) is 0 Å². The van der Waals surface area contributed by atoms with E-state index in [9.17, 15) is 5.11 Å². The molecular weight excluding hydrogens is 270 g/mol. The van der Waals surface area contributed by atoms with Gasteiger partial charge in [-0.3, -0.25) is 0 Å². The summed E-state index contributed by atoms with van der Waals surface area (Å²) in [6.07, 6.45) is 5.69. The quantitative estimate of drug-likeness (QED) is 0.877. The smallest absolute Gasteiger partial charge is 0.0802 e. The van der Waals surface area contributed by atoms with Crippen LogP contribution in [0.15, 0.2) is 24.3 Å². The van der Waals surface area contributed by atoms with E-state index in [1.807, 2.05) is 24.3 Å². The minimum Gasteiger partial charge on any atom is -0.388 e. The van der Waals surface area contributed by atoms with Gasteiger partial charge in [0.15, 0.2) is 0 Å². The summed E-state index contributed by atoms with van der Waals surface area (Å²) in [5.41, 5.74) is 0.919. The van der Waals surface area contributed by atoms with Crippen LogP contribution in [0, 0.1) is 5.92 Å². The Bertz CT molecular complexity index is 423. The first-order chi connectivity index (χ1) is 9.58. The number of rotatable bonds is 5. The molecule has 0 bridgehead atoms. The Labute approximate surface area is 127 Å². The molecule has 2 nitrogen and oxygen atoms in total. The highest BCUT2D eigenvalue weighted by Gasteiger charge is 2.25. The van der Waals surface area contributed by atoms with E-state index >= 15 is 0 Å². The zero-order valence-corrected chi connectivity index (χ0v) is 13.3. The van der Waals surface area contributed by atoms with Gasteiger partial charge in [-0.15, -0.1) is 0 Å².